The van der Waals surface area contributed by atoms with E-state index in [1.165, 1.54) is 5.56 Å². The summed E-state index contributed by atoms with van der Waals surface area (Å²) < 4.78 is 4.99. The minimum atomic E-state index is -0.000990. The molecule has 2 atom stereocenters. The number of nitrogens with one attached hydrogen (secondary N) is 2. The smallest absolute Gasteiger partial charge is 0.234 e. The van der Waals surface area contributed by atoms with Gasteiger partial charge in [0.1, 0.15) is 0 Å². The van der Waals surface area contributed by atoms with Crippen LogP contribution >= 0.6 is 0 Å². The predicted octanol–water partition coefficient (Wildman–Crippen LogP) is 1.88. The van der Waals surface area contributed by atoms with Crippen molar-refractivity contribution in [2.45, 2.75) is 32.4 Å². The summed E-state index contributed by atoms with van der Waals surface area (Å²) >= 11 is 0. The van der Waals surface area contributed by atoms with Crippen LogP contribution in [0.2, 0.25) is 0 Å². The highest BCUT2D eigenvalue weighted by Crippen LogP contribution is 2.15. The molecule has 4 nitrogen and oxygen atoms in total. The molecule has 4 heteroatoms. The van der Waals surface area contributed by atoms with E-state index >= 15 is 0 Å². The SMILES string of the molecule is CCC(NCC(=O)NC(C)COC)c1ccccc1. The average molecular weight is 264 g/mol. The Hall–Kier alpha value is -1.39. The molecule has 0 aliphatic heterocycles. The predicted molar refractivity (Wildman–Crippen MR) is 77.0 cm³/mol. The summed E-state index contributed by atoms with van der Waals surface area (Å²) in [4.78, 5) is 11.8. The van der Waals surface area contributed by atoms with Crippen LogP contribution in [-0.4, -0.2) is 32.2 Å². The largest absolute Gasteiger partial charge is 0.383 e. The quantitative estimate of drug-likeness (QED) is 0.754. The van der Waals surface area contributed by atoms with E-state index < -0.39 is 0 Å². The van der Waals surface area contributed by atoms with E-state index in [1.54, 1.807) is 7.11 Å². The third-order valence-corrected chi connectivity index (χ3v) is 2.94. The van der Waals surface area contributed by atoms with E-state index in [-0.39, 0.29) is 18.0 Å². The highest BCUT2D eigenvalue weighted by Gasteiger charge is 2.11. The molecule has 0 spiro atoms. The van der Waals surface area contributed by atoms with E-state index in [0.29, 0.717) is 13.2 Å². The van der Waals surface area contributed by atoms with Crippen molar-refractivity contribution in [2.75, 3.05) is 20.3 Å². The molecule has 0 aliphatic rings. The number of hydrogen-bond acceptors (Lipinski definition) is 3. The van der Waals surface area contributed by atoms with Crippen molar-refractivity contribution in [1.29, 1.82) is 0 Å². The van der Waals surface area contributed by atoms with E-state index in [0.717, 1.165) is 6.42 Å². The van der Waals surface area contributed by atoms with Gasteiger partial charge in [-0.15, -0.1) is 0 Å². The minimum absolute atomic E-state index is 0.000990. The summed E-state index contributed by atoms with van der Waals surface area (Å²) in [6.45, 7) is 4.88. The molecule has 1 aromatic rings. The number of methoxy groups -OCH3 is 1. The van der Waals surface area contributed by atoms with Crippen molar-refractivity contribution < 1.29 is 9.53 Å². The van der Waals surface area contributed by atoms with Crippen molar-refractivity contribution in [2.24, 2.45) is 0 Å². The maximum Gasteiger partial charge on any atom is 0.234 e. The molecule has 0 saturated heterocycles. The molecule has 19 heavy (non-hydrogen) atoms. The number of carbonyl (C=O) groups excluding carboxylic acids is 1. The fourth-order valence-corrected chi connectivity index (χ4v) is 2.02. The fraction of sp³-hybridized carbons (Fsp3) is 0.533. The topological polar surface area (TPSA) is 50.4 Å². The molecule has 0 bridgehead atoms. The van der Waals surface area contributed by atoms with Gasteiger partial charge in [0.15, 0.2) is 0 Å². The van der Waals surface area contributed by atoms with Gasteiger partial charge in [-0.3, -0.25) is 4.79 Å². The van der Waals surface area contributed by atoms with Crippen molar-refractivity contribution >= 4 is 5.91 Å². The Morgan fingerprint density at radius 1 is 1.32 bits per heavy atom. The van der Waals surface area contributed by atoms with E-state index in [1.807, 2.05) is 25.1 Å². The van der Waals surface area contributed by atoms with Crippen LogP contribution in [0, 0.1) is 0 Å². The molecule has 1 aromatic carbocycles. The number of hydrogen-bond donors (Lipinski definition) is 2. The molecule has 0 radical (unpaired) electrons. The molecule has 0 heterocycles. The van der Waals surface area contributed by atoms with Crippen LogP contribution in [0.1, 0.15) is 31.9 Å². The minimum Gasteiger partial charge on any atom is -0.383 e. The second-order valence-electron chi connectivity index (χ2n) is 4.68. The highest BCUT2D eigenvalue weighted by molar-refractivity contribution is 5.78. The van der Waals surface area contributed by atoms with Gasteiger partial charge in [0.05, 0.1) is 13.2 Å². The third kappa shape index (κ3) is 5.85. The van der Waals surface area contributed by atoms with Crippen LogP contribution in [-0.2, 0) is 9.53 Å². The Bertz CT molecular complexity index is 368. The number of rotatable bonds is 8. The third-order valence-electron chi connectivity index (χ3n) is 2.94. The lowest BCUT2D eigenvalue weighted by molar-refractivity contribution is -0.121. The van der Waals surface area contributed by atoms with Crippen molar-refractivity contribution in [3.05, 3.63) is 35.9 Å². The fourth-order valence-electron chi connectivity index (χ4n) is 2.02. The second kappa shape index (κ2) is 8.67. The van der Waals surface area contributed by atoms with Crippen LogP contribution < -0.4 is 10.6 Å². The van der Waals surface area contributed by atoms with Crippen LogP contribution in [0.15, 0.2) is 30.3 Å². The maximum atomic E-state index is 11.8. The standard InChI is InChI=1S/C15H24N2O2/c1-4-14(13-8-6-5-7-9-13)16-10-15(18)17-12(2)11-19-3/h5-9,12,14,16H,4,10-11H2,1-3H3,(H,17,18). The van der Waals surface area contributed by atoms with Crippen molar-refractivity contribution in [1.82, 2.24) is 10.6 Å². The summed E-state index contributed by atoms with van der Waals surface area (Å²) in [5.41, 5.74) is 1.21. The summed E-state index contributed by atoms with van der Waals surface area (Å²) in [5, 5.41) is 6.17. The normalized spacial score (nSPS) is 13.8. The van der Waals surface area contributed by atoms with Crippen LogP contribution in [0.3, 0.4) is 0 Å². The maximum absolute atomic E-state index is 11.8. The van der Waals surface area contributed by atoms with Gasteiger partial charge in [0, 0.05) is 19.2 Å². The monoisotopic (exact) mass is 264 g/mol. The van der Waals surface area contributed by atoms with Gasteiger partial charge in [-0.05, 0) is 18.9 Å². The first-order valence-corrected chi connectivity index (χ1v) is 6.74. The zero-order chi connectivity index (χ0) is 14.1. The number of ether oxygens (including phenoxy) is 1. The zero-order valence-corrected chi connectivity index (χ0v) is 12.0. The molecule has 0 fully saturated rings. The zero-order valence-electron chi connectivity index (χ0n) is 12.0. The van der Waals surface area contributed by atoms with Gasteiger partial charge in [-0.1, -0.05) is 37.3 Å². The van der Waals surface area contributed by atoms with Gasteiger partial charge in [-0.25, -0.2) is 0 Å². The Morgan fingerprint density at radius 3 is 2.58 bits per heavy atom. The van der Waals surface area contributed by atoms with E-state index in [4.69, 9.17) is 4.74 Å². The molecule has 2 unspecified atom stereocenters. The summed E-state index contributed by atoms with van der Waals surface area (Å²) in [5.74, 6) is -0.000990. The highest BCUT2D eigenvalue weighted by atomic mass is 16.5. The molecular weight excluding hydrogens is 240 g/mol. The number of carbonyl (C=O) groups is 1. The molecule has 1 amide bonds. The Morgan fingerprint density at radius 2 is 2.00 bits per heavy atom. The van der Waals surface area contributed by atoms with Gasteiger partial charge in [-0.2, -0.15) is 0 Å². The average Bonchev–Trinajstić information content (AvgIpc) is 2.41. The van der Waals surface area contributed by atoms with Crippen molar-refractivity contribution in [3.63, 3.8) is 0 Å². The summed E-state index contributed by atoms with van der Waals surface area (Å²) in [6.07, 6.45) is 0.949. The van der Waals surface area contributed by atoms with E-state index in [9.17, 15) is 4.79 Å². The Balaban J connectivity index is 2.39. The lowest BCUT2D eigenvalue weighted by Crippen LogP contribution is -2.41. The first-order chi connectivity index (χ1) is 9.17. The lowest BCUT2D eigenvalue weighted by Gasteiger charge is -2.18. The Kier molecular flexibility index (Phi) is 7.15. The van der Waals surface area contributed by atoms with Crippen LogP contribution in [0.5, 0.6) is 0 Å². The molecule has 106 valence electrons. The molecule has 0 saturated carbocycles. The second-order valence-corrected chi connectivity index (χ2v) is 4.68. The van der Waals surface area contributed by atoms with Crippen LogP contribution in [0.4, 0.5) is 0 Å². The molecule has 0 aliphatic carbocycles. The van der Waals surface area contributed by atoms with Gasteiger partial charge in [0.25, 0.3) is 0 Å². The van der Waals surface area contributed by atoms with Crippen molar-refractivity contribution in [3.8, 4) is 0 Å². The van der Waals surface area contributed by atoms with Gasteiger partial charge in [0.2, 0.25) is 5.91 Å². The van der Waals surface area contributed by atoms with E-state index in [2.05, 4.69) is 29.7 Å². The summed E-state index contributed by atoms with van der Waals surface area (Å²) in [6, 6.07) is 10.4. The summed E-state index contributed by atoms with van der Waals surface area (Å²) in [7, 11) is 1.63. The Labute approximate surface area is 115 Å². The molecule has 2 N–H and O–H groups in total. The molecular formula is C15H24N2O2. The molecule has 1 rings (SSSR count). The van der Waals surface area contributed by atoms with Gasteiger partial charge >= 0.3 is 0 Å². The van der Waals surface area contributed by atoms with Gasteiger partial charge < -0.3 is 15.4 Å². The molecule has 0 aromatic heterocycles. The number of benzene rings is 1. The first-order valence-electron chi connectivity index (χ1n) is 6.74. The number of amides is 1. The first kappa shape index (κ1) is 15.7. The lowest BCUT2D eigenvalue weighted by atomic mass is 10.0. The van der Waals surface area contributed by atoms with Crippen LogP contribution in [0.25, 0.3) is 0 Å².